The molecule has 1 fully saturated rings. The molecule has 0 radical (unpaired) electrons. The molecule has 0 amide bonds. The summed E-state index contributed by atoms with van der Waals surface area (Å²) in [5.41, 5.74) is 4.57. The molecule has 4 aromatic rings. The molecule has 1 aliphatic rings. The summed E-state index contributed by atoms with van der Waals surface area (Å²) >= 11 is 5.98. The maximum Gasteiger partial charge on any atom is 0.261 e. The lowest BCUT2D eigenvalue weighted by Crippen LogP contribution is -2.24. The fourth-order valence-electron chi connectivity index (χ4n) is 4.48. The minimum atomic E-state index is -0.511. The second-order valence-corrected chi connectivity index (χ2v) is 9.21. The van der Waals surface area contributed by atoms with Crippen LogP contribution in [-0.2, 0) is 4.74 Å². The lowest BCUT2D eigenvalue weighted by atomic mass is 9.89. The Balaban J connectivity index is 1.66. The number of nitrogens with zero attached hydrogens (tertiary/aromatic N) is 4. The fraction of sp³-hybridized carbons (Fsp3) is 0.308. The molecule has 0 saturated carbocycles. The third-order valence-corrected chi connectivity index (χ3v) is 6.71. The van der Waals surface area contributed by atoms with Crippen LogP contribution < -0.4 is 5.56 Å². The van der Waals surface area contributed by atoms with Gasteiger partial charge in [-0.3, -0.25) is 14.2 Å². The molecule has 0 aliphatic carbocycles. The highest BCUT2D eigenvalue weighted by Gasteiger charge is 2.28. The third-order valence-electron chi connectivity index (χ3n) is 6.48. The lowest BCUT2D eigenvalue weighted by molar-refractivity contribution is 0.00451. The molecule has 174 valence electrons. The van der Waals surface area contributed by atoms with Crippen LogP contribution in [0.5, 0.6) is 0 Å². The molecular weight excluding hydrogens is 455 g/mol. The van der Waals surface area contributed by atoms with Crippen LogP contribution in [0, 0.1) is 26.6 Å². The Kier molecular flexibility index (Phi) is 5.91. The standard InChI is InChI=1S/C26H24ClFN4O2/c1-14-10-18(6-8-29-14)23-11-17(7-9-34-23)22-13-32-25(30-16(3)15(2)26(32)33)24(31-22)20-5-4-19(27)12-21(20)28/h4-6,8,10,12-13,17,23H,7,9,11H2,1-3H3/t17-,23+/m0/s1. The number of halogens is 2. The summed E-state index contributed by atoms with van der Waals surface area (Å²) in [6.45, 7) is 6.02. The van der Waals surface area contributed by atoms with Gasteiger partial charge in [0.15, 0.2) is 5.65 Å². The first-order valence-electron chi connectivity index (χ1n) is 11.2. The SMILES string of the molecule is Cc1cc([C@H]2C[C@@H](c3cn4c(=O)c(C)c(C)nc4c(-c4ccc(Cl)cc4F)n3)CCO2)ccn1. The number of hydrogen-bond acceptors (Lipinski definition) is 5. The first-order chi connectivity index (χ1) is 16.3. The number of rotatable bonds is 3. The van der Waals surface area contributed by atoms with Crippen molar-refractivity contribution in [3.8, 4) is 11.3 Å². The van der Waals surface area contributed by atoms with Crippen molar-refractivity contribution in [1.82, 2.24) is 19.4 Å². The zero-order chi connectivity index (χ0) is 24.0. The number of aryl methyl sites for hydroxylation is 2. The van der Waals surface area contributed by atoms with E-state index < -0.39 is 5.82 Å². The lowest BCUT2D eigenvalue weighted by Gasteiger charge is -2.30. The molecule has 2 atom stereocenters. The van der Waals surface area contributed by atoms with Gasteiger partial charge in [0.25, 0.3) is 5.56 Å². The van der Waals surface area contributed by atoms with Crippen LogP contribution in [0.15, 0.2) is 47.5 Å². The van der Waals surface area contributed by atoms with E-state index in [0.29, 0.717) is 46.3 Å². The average molecular weight is 479 g/mol. The quantitative estimate of drug-likeness (QED) is 0.388. The van der Waals surface area contributed by atoms with Gasteiger partial charge in [-0.15, -0.1) is 0 Å². The summed E-state index contributed by atoms with van der Waals surface area (Å²) < 4.78 is 22.5. The van der Waals surface area contributed by atoms with E-state index in [1.807, 2.05) is 19.1 Å². The van der Waals surface area contributed by atoms with E-state index in [-0.39, 0.29) is 23.1 Å². The Morgan fingerprint density at radius 3 is 2.74 bits per heavy atom. The molecular formula is C26H24ClFN4O2. The van der Waals surface area contributed by atoms with Crippen molar-refractivity contribution >= 4 is 17.2 Å². The van der Waals surface area contributed by atoms with Gasteiger partial charge in [-0.2, -0.15) is 0 Å². The van der Waals surface area contributed by atoms with E-state index in [1.165, 1.54) is 10.5 Å². The Morgan fingerprint density at radius 2 is 1.97 bits per heavy atom. The molecule has 5 rings (SSSR count). The zero-order valence-corrected chi connectivity index (χ0v) is 19.9. The van der Waals surface area contributed by atoms with Crippen LogP contribution in [0.25, 0.3) is 16.9 Å². The Bertz CT molecular complexity index is 1470. The van der Waals surface area contributed by atoms with E-state index in [2.05, 4.69) is 9.97 Å². The molecule has 6 nitrogen and oxygen atoms in total. The predicted octanol–water partition coefficient (Wildman–Crippen LogP) is 5.50. The Morgan fingerprint density at radius 1 is 1.15 bits per heavy atom. The highest BCUT2D eigenvalue weighted by molar-refractivity contribution is 6.30. The number of pyridine rings is 1. The zero-order valence-electron chi connectivity index (χ0n) is 19.2. The van der Waals surface area contributed by atoms with Gasteiger partial charge in [-0.05, 0) is 69.5 Å². The molecule has 1 saturated heterocycles. The van der Waals surface area contributed by atoms with Gasteiger partial charge < -0.3 is 4.74 Å². The molecule has 34 heavy (non-hydrogen) atoms. The summed E-state index contributed by atoms with van der Waals surface area (Å²) in [4.78, 5) is 26.9. The smallest absolute Gasteiger partial charge is 0.261 e. The van der Waals surface area contributed by atoms with E-state index in [4.69, 9.17) is 21.3 Å². The molecule has 8 heteroatoms. The van der Waals surface area contributed by atoms with Gasteiger partial charge in [0.1, 0.15) is 11.5 Å². The highest BCUT2D eigenvalue weighted by Crippen LogP contribution is 2.38. The number of hydrogen-bond donors (Lipinski definition) is 0. The van der Waals surface area contributed by atoms with Gasteiger partial charge in [0.05, 0.1) is 11.8 Å². The molecule has 3 aromatic heterocycles. The second kappa shape index (κ2) is 8.89. The third kappa shape index (κ3) is 4.10. The van der Waals surface area contributed by atoms with Crippen molar-refractivity contribution < 1.29 is 9.13 Å². The minimum absolute atomic E-state index is 0.0271. The molecule has 4 heterocycles. The number of benzene rings is 1. The maximum atomic E-state index is 15.0. The Labute approximate surface area is 201 Å². The van der Waals surface area contributed by atoms with Crippen molar-refractivity contribution in [3.63, 3.8) is 0 Å². The molecule has 1 aliphatic heterocycles. The van der Waals surface area contributed by atoms with E-state index in [1.54, 1.807) is 38.4 Å². The van der Waals surface area contributed by atoms with Crippen LogP contribution in [0.2, 0.25) is 5.02 Å². The van der Waals surface area contributed by atoms with Crippen molar-refractivity contribution in [3.05, 3.63) is 92.1 Å². The monoisotopic (exact) mass is 478 g/mol. The fourth-order valence-corrected chi connectivity index (χ4v) is 4.64. The van der Waals surface area contributed by atoms with Gasteiger partial charge in [-0.25, -0.2) is 14.4 Å². The normalized spacial score (nSPS) is 18.4. The molecule has 0 bridgehead atoms. The Hall–Kier alpha value is -3.16. The van der Waals surface area contributed by atoms with Crippen LogP contribution in [0.4, 0.5) is 4.39 Å². The van der Waals surface area contributed by atoms with Gasteiger partial charge in [0, 0.05) is 52.5 Å². The number of fused-ring (bicyclic) bond motifs is 1. The molecule has 0 N–H and O–H groups in total. The number of ether oxygens (including phenoxy) is 1. The summed E-state index contributed by atoms with van der Waals surface area (Å²) in [6, 6.07) is 8.42. The van der Waals surface area contributed by atoms with Crippen molar-refractivity contribution in [1.29, 1.82) is 0 Å². The van der Waals surface area contributed by atoms with Crippen LogP contribution in [0.3, 0.4) is 0 Å². The van der Waals surface area contributed by atoms with E-state index >= 15 is 0 Å². The van der Waals surface area contributed by atoms with Crippen LogP contribution in [-0.4, -0.2) is 26.0 Å². The number of aromatic nitrogens is 4. The summed E-state index contributed by atoms with van der Waals surface area (Å²) in [5, 5.41) is 0.291. The van der Waals surface area contributed by atoms with Gasteiger partial charge in [0.2, 0.25) is 0 Å². The maximum absolute atomic E-state index is 15.0. The first kappa shape index (κ1) is 22.6. The topological polar surface area (TPSA) is 69.4 Å². The van der Waals surface area contributed by atoms with Crippen molar-refractivity contribution in [2.75, 3.05) is 6.61 Å². The molecule has 1 aromatic carbocycles. The van der Waals surface area contributed by atoms with E-state index in [0.717, 1.165) is 17.7 Å². The summed E-state index contributed by atoms with van der Waals surface area (Å²) in [7, 11) is 0. The first-order valence-corrected chi connectivity index (χ1v) is 11.6. The van der Waals surface area contributed by atoms with Crippen molar-refractivity contribution in [2.45, 2.75) is 45.6 Å². The minimum Gasteiger partial charge on any atom is -0.373 e. The van der Waals surface area contributed by atoms with Crippen LogP contribution >= 0.6 is 11.6 Å². The van der Waals surface area contributed by atoms with Gasteiger partial charge in [-0.1, -0.05) is 11.6 Å². The van der Waals surface area contributed by atoms with Crippen molar-refractivity contribution in [2.24, 2.45) is 0 Å². The highest BCUT2D eigenvalue weighted by atomic mass is 35.5. The predicted molar refractivity (Wildman–Crippen MR) is 129 cm³/mol. The van der Waals surface area contributed by atoms with Gasteiger partial charge >= 0.3 is 0 Å². The second-order valence-electron chi connectivity index (χ2n) is 8.77. The summed E-state index contributed by atoms with van der Waals surface area (Å²) in [6.07, 6.45) is 4.86. The van der Waals surface area contributed by atoms with Crippen LogP contribution in [0.1, 0.15) is 53.1 Å². The van der Waals surface area contributed by atoms with E-state index in [9.17, 15) is 9.18 Å². The average Bonchev–Trinajstić information content (AvgIpc) is 2.82. The molecule has 0 unspecified atom stereocenters. The largest absolute Gasteiger partial charge is 0.373 e. The summed E-state index contributed by atoms with van der Waals surface area (Å²) in [5.74, 6) is -0.483. The molecule has 0 spiro atoms.